The van der Waals surface area contributed by atoms with Crippen molar-refractivity contribution in [1.29, 1.82) is 0 Å². The summed E-state index contributed by atoms with van der Waals surface area (Å²) in [6, 6.07) is 5.16. The van der Waals surface area contributed by atoms with Gasteiger partial charge in [0.1, 0.15) is 6.04 Å². The monoisotopic (exact) mass is 266 g/mol. The largest absolute Gasteiger partial charge is 0.405 e. The van der Waals surface area contributed by atoms with E-state index in [-0.39, 0.29) is 6.54 Å². The summed E-state index contributed by atoms with van der Waals surface area (Å²) < 4.78 is 37.9. The van der Waals surface area contributed by atoms with Crippen molar-refractivity contribution < 1.29 is 13.2 Å². The Kier molecular flexibility index (Phi) is 4.80. The Labute approximate surface area is 103 Å². The van der Waals surface area contributed by atoms with E-state index in [2.05, 4.69) is 0 Å². The molecule has 0 aliphatic carbocycles. The van der Waals surface area contributed by atoms with E-state index in [1.807, 2.05) is 0 Å². The minimum absolute atomic E-state index is 0.112. The van der Waals surface area contributed by atoms with E-state index in [1.165, 1.54) is 7.05 Å². The van der Waals surface area contributed by atoms with Gasteiger partial charge in [0.25, 0.3) is 0 Å². The Hall–Kier alpha value is -0.780. The summed E-state index contributed by atoms with van der Waals surface area (Å²) in [4.78, 5) is 1.15. The highest BCUT2D eigenvalue weighted by Crippen LogP contribution is 2.25. The predicted octanol–water partition coefficient (Wildman–Crippen LogP) is 2.66. The zero-order valence-electron chi connectivity index (χ0n) is 9.34. The highest BCUT2D eigenvalue weighted by atomic mass is 35.5. The molecule has 0 bridgehead atoms. The lowest BCUT2D eigenvalue weighted by molar-refractivity contribution is -0.178. The lowest BCUT2D eigenvalue weighted by Gasteiger charge is -2.29. The van der Waals surface area contributed by atoms with Crippen LogP contribution in [0.4, 0.5) is 13.2 Å². The molecule has 6 heteroatoms. The maximum atomic E-state index is 12.6. The third kappa shape index (κ3) is 3.87. The van der Waals surface area contributed by atoms with Crippen LogP contribution >= 0.6 is 11.6 Å². The molecule has 1 rings (SSSR count). The highest BCUT2D eigenvalue weighted by molar-refractivity contribution is 6.31. The van der Waals surface area contributed by atoms with Crippen LogP contribution in [0.2, 0.25) is 5.02 Å². The molecule has 0 fully saturated rings. The van der Waals surface area contributed by atoms with Crippen molar-refractivity contribution >= 4 is 11.6 Å². The molecule has 0 saturated carbocycles. The molecule has 0 aliphatic heterocycles. The van der Waals surface area contributed by atoms with Crippen molar-refractivity contribution in [3.8, 4) is 0 Å². The van der Waals surface area contributed by atoms with Crippen LogP contribution in [0.1, 0.15) is 5.56 Å². The predicted molar refractivity (Wildman–Crippen MR) is 61.8 cm³/mol. The van der Waals surface area contributed by atoms with Gasteiger partial charge in [0.2, 0.25) is 0 Å². The fourth-order valence-corrected chi connectivity index (χ4v) is 1.76. The van der Waals surface area contributed by atoms with Crippen LogP contribution in [0.15, 0.2) is 24.3 Å². The Balaban J connectivity index is 2.78. The SMILES string of the molecule is CN(Cc1ccccc1Cl)C(CN)C(F)(F)F. The molecule has 0 radical (unpaired) electrons. The van der Waals surface area contributed by atoms with Crippen molar-refractivity contribution in [2.24, 2.45) is 5.73 Å². The zero-order valence-corrected chi connectivity index (χ0v) is 10.1. The van der Waals surface area contributed by atoms with Gasteiger partial charge in [0.05, 0.1) is 0 Å². The van der Waals surface area contributed by atoms with Gasteiger partial charge >= 0.3 is 6.18 Å². The number of rotatable bonds is 4. The van der Waals surface area contributed by atoms with Crippen LogP contribution in [0.5, 0.6) is 0 Å². The smallest absolute Gasteiger partial charge is 0.329 e. The van der Waals surface area contributed by atoms with Gasteiger partial charge in [-0.1, -0.05) is 29.8 Å². The van der Waals surface area contributed by atoms with Crippen LogP contribution in [0, 0.1) is 0 Å². The van der Waals surface area contributed by atoms with Crippen LogP contribution in [-0.2, 0) is 6.54 Å². The molecule has 0 saturated heterocycles. The molecular weight excluding hydrogens is 253 g/mol. The normalized spacial score (nSPS) is 14.1. The molecular formula is C11H14ClF3N2. The van der Waals surface area contributed by atoms with Gasteiger partial charge in [-0.25, -0.2) is 0 Å². The molecule has 1 aromatic carbocycles. The number of hydrogen-bond donors (Lipinski definition) is 1. The summed E-state index contributed by atoms with van der Waals surface area (Å²) in [5, 5.41) is 0.456. The number of halogens is 4. The third-order valence-corrected chi connectivity index (χ3v) is 2.88. The first-order valence-corrected chi connectivity index (χ1v) is 5.44. The first kappa shape index (κ1) is 14.3. The van der Waals surface area contributed by atoms with E-state index in [1.54, 1.807) is 24.3 Å². The topological polar surface area (TPSA) is 29.3 Å². The molecule has 1 aromatic rings. The summed E-state index contributed by atoms with van der Waals surface area (Å²) >= 11 is 5.89. The van der Waals surface area contributed by atoms with Crippen molar-refractivity contribution in [2.75, 3.05) is 13.6 Å². The Morgan fingerprint density at radius 1 is 1.35 bits per heavy atom. The van der Waals surface area contributed by atoms with E-state index in [0.717, 1.165) is 4.90 Å². The van der Waals surface area contributed by atoms with Gasteiger partial charge < -0.3 is 5.73 Å². The van der Waals surface area contributed by atoms with Crippen LogP contribution in [0.25, 0.3) is 0 Å². The van der Waals surface area contributed by atoms with Gasteiger partial charge in [-0.15, -0.1) is 0 Å². The minimum Gasteiger partial charge on any atom is -0.329 e. The summed E-state index contributed by atoms with van der Waals surface area (Å²) in [7, 11) is 1.38. The van der Waals surface area contributed by atoms with E-state index in [4.69, 9.17) is 17.3 Å². The summed E-state index contributed by atoms with van der Waals surface area (Å²) in [5.74, 6) is 0. The lowest BCUT2D eigenvalue weighted by atomic mass is 10.1. The Morgan fingerprint density at radius 3 is 2.41 bits per heavy atom. The van der Waals surface area contributed by atoms with Crippen molar-refractivity contribution in [2.45, 2.75) is 18.8 Å². The first-order chi connectivity index (χ1) is 7.86. The maximum absolute atomic E-state index is 12.6. The Morgan fingerprint density at radius 2 is 1.94 bits per heavy atom. The summed E-state index contributed by atoms with van der Waals surface area (Å²) in [6.45, 7) is -0.356. The fraction of sp³-hybridized carbons (Fsp3) is 0.455. The van der Waals surface area contributed by atoms with Crippen molar-refractivity contribution in [3.05, 3.63) is 34.9 Å². The van der Waals surface area contributed by atoms with Crippen LogP contribution < -0.4 is 5.73 Å². The average molecular weight is 267 g/mol. The number of likely N-dealkylation sites (N-methyl/N-ethyl adjacent to an activating group) is 1. The molecule has 1 unspecified atom stereocenters. The number of benzene rings is 1. The maximum Gasteiger partial charge on any atom is 0.405 e. The molecule has 17 heavy (non-hydrogen) atoms. The van der Waals surface area contributed by atoms with Crippen molar-refractivity contribution in [3.63, 3.8) is 0 Å². The zero-order chi connectivity index (χ0) is 13.1. The van der Waals surface area contributed by atoms with Gasteiger partial charge in [0, 0.05) is 18.1 Å². The molecule has 0 heterocycles. The molecule has 0 spiro atoms. The summed E-state index contributed by atoms with van der Waals surface area (Å²) in [6.07, 6.45) is -4.33. The van der Waals surface area contributed by atoms with E-state index in [9.17, 15) is 13.2 Å². The van der Waals surface area contributed by atoms with E-state index >= 15 is 0 Å². The van der Waals surface area contributed by atoms with Gasteiger partial charge in [-0.3, -0.25) is 4.90 Å². The molecule has 0 aromatic heterocycles. The number of nitrogens with zero attached hydrogens (tertiary/aromatic N) is 1. The van der Waals surface area contributed by atoms with Crippen LogP contribution in [-0.4, -0.2) is 30.7 Å². The van der Waals surface area contributed by atoms with E-state index < -0.39 is 18.8 Å². The molecule has 1 atom stereocenters. The lowest BCUT2D eigenvalue weighted by Crippen LogP contribution is -2.48. The van der Waals surface area contributed by atoms with Crippen LogP contribution in [0.3, 0.4) is 0 Å². The Bertz CT molecular complexity index is 368. The molecule has 0 aliphatic rings. The standard InChI is InChI=1S/C11H14ClF3N2/c1-17(10(6-16)11(13,14)15)7-8-4-2-3-5-9(8)12/h2-5,10H,6-7,16H2,1H3. The molecule has 96 valence electrons. The molecule has 2 N–H and O–H groups in total. The van der Waals surface area contributed by atoms with E-state index in [0.29, 0.717) is 10.6 Å². The molecule has 2 nitrogen and oxygen atoms in total. The van der Waals surface area contributed by atoms with Gasteiger partial charge in [0.15, 0.2) is 0 Å². The second-order valence-electron chi connectivity index (χ2n) is 3.80. The second kappa shape index (κ2) is 5.71. The van der Waals surface area contributed by atoms with Gasteiger partial charge in [-0.2, -0.15) is 13.2 Å². The number of nitrogens with two attached hydrogens (primary N) is 1. The third-order valence-electron chi connectivity index (χ3n) is 2.51. The summed E-state index contributed by atoms with van der Waals surface area (Å²) in [5.41, 5.74) is 5.81. The van der Waals surface area contributed by atoms with Gasteiger partial charge in [-0.05, 0) is 18.7 Å². The minimum atomic E-state index is -4.33. The second-order valence-corrected chi connectivity index (χ2v) is 4.21. The number of hydrogen-bond acceptors (Lipinski definition) is 2. The first-order valence-electron chi connectivity index (χ1n) is 5.06. The average Bonchev–Trinajstić information content (AvgIpc) is 2.20. The number of alkyl halides is 3. The highest BCUT2D eigenvalue weighted by Gasteiger charge is 2.41. The molecule has 0 amide bonds. The van der Waals surface area contributed by atoms with Crippen molar-refractivity contribution in [1.82, 2.24) is 4.90 Å². The fourth-order valence-electron chi connectivity index (χ4n) is 1.57. The quantitative estimate of drug-likeness (QED) is 0.908.